The van der Waals surface area contributed by atoms with Crippen LogP contribution in [0, 0.1) is 0 Å². The summed E-state index contributed by atoms with van der Waals surface area (Å²) in [5.41, 5.74) is 4.80. The van der Waals surface area contributed by atoms with Crippen molar-refractivity contribution in [1.82, 2.24) is 20.9 Å². The molecule has 1 aromatic heterocycles. The van der Waals surface area contributed by atoms with Crippen LogP contribution in [0.2, 0.25) is 0 Å². The summed E-state index contributed by atoms with van der Waals surface area (Å²) in [6.07, 6.45) is 4.71. The van der Waals surface area contributed by atoms with Gasteiger partial charge in [0.15, 0.2) is 0 Å². The zero-order chi connectivity index (χ0) is 27.5. The Morgan fingerprint density at radius 3 is 1.87 bits per heavy atom. The number of rotatable bonds is 10. The molecule has 0 radical (unpaired) electrons. The average molecular weight is 515 g/mol. The average Bonchev–Trinajstić information content (AvgIpc) is 2.89. The molecule has 3 rings (SSSR count). The van der Waals surface area contributed by atoms with Gasteiger partial charge in [-0.05, 0) is 67.2 Å². The number of hydrogen-bond donors (Lipinski definition) is 3. The Morgan fingerprint density at radius 2 is 1.32 bits per heavy atom. The number of alkyl carbamates (subject to hydrolysis) is 1. The standard InChI is InChI=1S/C30H34N4O4/c1-5-27(35)32-17-22-8-6-21(7-9-22)14-25-15-26(20-31-16-25)28(36)33-18-23-10-12-24(13-11-23)19-34-29(37)38-30(2,3)4/h5-13,15-16,20H,1,14,17-19H2,2-4H3,(H,32,35)(H,33,36)(H,34,37). The van der Waals surface area contributed by atoms with E-state index >= 15 is 0 Å². The smallest absolute Gasteiger partial charge is 0.407 e. The molecule has 3 N–H and O–H groups in total. The number of amides is 3. The van der Waals surface area contributed by atoms with Gasteiger partial charge in [0.25, 0.3) is 5.91 Å². The van der Waals surface area contributed by atoms with Crippen LogP contribution in [-0.2, 0) is 35.6 Å². The molecule has 0 aliphatic rings. The van der Waals surface area contributed by atoms with Crippen LogP contribution in [0.4, 0.5) is 4.79 Å². The molecular weight excluding hydrogens is 480 g/mol. The van der Waals surface area contributed by atoms with Crippen molar-refractivity contribution in [3.63, 3.8) is 0 Å². The lowest BCUT2D eigenvalue weighted by molar-refractivity contribution is -0.116. The third-order valence-corrected chi connectivity index (χ3v) is 5.45. The molecule has 0 bridgehead atoms. The van der Waals surface area contributed by atoms with Crippen LogP contribution in [0.25, 0.3) is 0 Å². The number of hydrogen-bond acceptors (Lipinski definition) is 5. The predicted molar refractivity (Wildman–Crippen MR) is 146 cm³/mol. The molecule has 0 unspecified atom stereocenters. The minimum atomic E-state index is -0.542. The number of pyridine rings is 1. The first kappa shape index (κ1) is 28.1. The zero-order valence-electron chi connectivity index (χ0n) is 22.0. The van der Waals surface area contributed by atoms with E-state index < -0.39 is 11.7 Å². The second kappa shape index (κ2) is 13.2. The highest BCUT2D eigenvalue weighted by Crippen LogP contribution is 2.13. The van der Waals surface area contributed by atoms with Gasteiger partial charge < -0.3 is 20.7 Å². The van der Waals surface area contributed by atoms with E-state index in [1.807, 2.05) is 75.4 Å². The lowest BCUT2D eigenvalue weighted by atomic mass is 10.0. The molecule has 2 aromatic carbocycles. The van der Waals surface area contributed by atoms with E-state index in [1.165, 1.54) is 6.08 Å². The quantitative estimate of drug-likeness (QED) is 0.347. The molecule has 198 valence electrons. The topological polar surface area (TPSA) is 109 Å². The van der Waals surface area contributed by atoms with Gasteiger partial charge in [0.1, 0.15) is 5.60 Å². The summed E-state index contributed by atoms with van der Waals surface area (Å²) in [4.78, 5) is 40.1. The van der Waals surface area contributed by atoms with Crippen LogP contribution in [0.5, 0.6) is 0 Å². The number of aromatic nitrogens is 1. The molecule has 0 aliphatic carbocycles. The largest absolute Gasteiger partial charge is 0.444 e. The van der Waals surface area contributed by atoms with Crippen molar-refractivity contribution in [1.29, 1.82) is 0 Å². The lowest BCUT2D eigenvalue weighted by Crippen LogP contribution is -2.32. The maximum atomic E-state index is 12.7. The SMILES string of the molecule is C=CC(=O)NCc1ccc(Cc2cncc(C(=O)NCc3ccc(CNC(=O)OC(C)(C)C)cc3)c2)cc1. The fourth-order valence-corrected chi connectivity index (χ4v) is 3.53. The molecule has 0 atom stereocenters. The van der Waals surface area contributed by atoms with Crippen LogP contribution in [0.15, 0.2) is 79.6 Å². The Bertz CT molecular complexity index is 1260. The van der Waals surface area contributed by atoms with E-state index in [9.17, 15) is 14.4 Å². The number of nitrogens with zero attached hydrogens (tertiary/aromatic N) is 1. The molecule has 0 fully saturated rings. The molecule has 0 aliphatic heterocycles. The molecule has 3 aromatic rings. The molecule has 3 amide bonds. The highest BCUT2D eigenvalue weighted by atomic mass is 16.6. The van der Waals surface area contributed by atoms with Crippen molar-refractivity contribution in [3.05, 3.63) is 113 Å². The third-order valence-electron chi connectivity index (χ3n) is 5.45. The Labute approximate surface area is 223 Å². The lowest BCUT2D eigenvalue weighted by Gasteiger charge is -2.19. The molecular formula is C30H34N4O4. The first-order valence-corrected chi connectivity index (χ1v) is 12.4. The molecule has 8 heteroatoms. The second-order valence-corrected chi connectivity index (χ2v) is 9.85. The Kier molecular flexibility index (Phi) is 9.76. The molecule has 1 heterocycles. The number of carbonyl (C=O) groups is 3. The monoisotopic (exact) mass is 514 g/mol. The van der Waals surface area contributed by atoms with E-state index in [1.54, 1.807) is 12.4 Å². The summed E-state index contributed by atoms with van der Waals surface area (Å²) in [6.45, 7) is 10.1. The van der Waals surface area contributed by atoms with Crippen molar-refractivity contribution in [2.75, 3.05) is 0 Å². The summed E-state index contributed by atoms with van der Waals surface area (Å²) < 4.78 is 5.24. The number of ether oxygens (including phenoxy) is 1. The normalized spacial score (nSPS) is 10.8. The van der Waals surface area contributed by atoms with Gasteiger partial charge in [0.2, 0.25) is 5.91 Å². The van der Waals surface area contributed by atoms with E-state index in [2.05, 4.69) is 27.5 Å². The van der Waals surface area contributed by atoms with Gasteiger partial charge in [-0.3, -0.25) is 14.6 Å². The molecule has 8 nitrogen and oxygen atoms in total. The van der Waals surface area contributed by atoms with Gasteiger partial charge in [-0.2, -0.15) is 0 Å². The van der Waals surface area contributed by atoms with Crippen LogP contribution in [-0.4, -0.2) is 28.5 Å². The van der Waals surface area contributed by atoms with Gasteiger partial charge in [-0.15, -0.1) is 0 Å². The summed E-state index contributed by atoms with van der Waals surface area (Å²) in [7, 11) is 0. The predicted octanol–water partition coefficient (Wildman–Crippen LogP) is 4.43. The van der Waals surface area contributed by atoms with Gasteiger partial charge in [0.05, 0.1) is 5.56 Å². The maximum Gasteiger partial charge on any atom is 0.407 e. The van der Waals surface area contributed by atoms with E-state index in [-0.39, 0.29) is 11.8 Å². The number of benzene rings is 2. The van der Waals surface area contributed by atoms with E-state index in [0.717, 1.165) is 27.8 Å². The minimum absolute atomic E-state index is 0.205. The summed E-state index contributed by atoms with van der Waals surface area (Å²) in [5.74, 6) is -0.414. The Hall–Kier alpha value is -4.46. The molecule has 0 saturated carbocycles. The van der Waals surface area contributed by atoms with Crippen molar-refractivity contribution in [3.8, 4) is 0 Å². The molecule has 38 heavy (non-hydrogen) atoms. The van der Waals surface area contributed by atoms with Crippen molar-refractivity contribution < 1.29 is 19.1 Å². The second-order valence-electron chi connectivity index (χ2n) is 9.85. The van der Waals surface area contributed by atoms with Crippen molar-refractivity contribution in [2.45, 2.75) is 52.4 Å². The summed E-state index contributed by atoms with van der Waals surface area (Å²) >= 11 is 0. The highest BCUT2D eigenvalue weighted by molar-refractivity contribution is 5.94. The fourth-order valence-electron chi connectivity index (χ4n) is 3.53. The van der Waals surface area contributed by atoms with Gasteiger partial charge in [-0.25, -0.2) is 4.79 Å². The van der Waals surface area contributed by atoms with Crippen molar-refractivity contribution in [2.24, 2.45) is 0 Å². The van der Waals surface area contributed by atoms with E-state index in [4.69, 9.17) is 4.74 Å². The Morgan fingerprint density at radius 1 is 0.789 bits per heavy atom. The van der Waals surface area contributed by atoms with Crippen LogP contribution in [0.3, 0.4) is 0 Å². The van der Waals surface area contributed by atoms with Crippen LogP contribution >= 0.6 is 0 Å². The molecule has 0 saturated heterocycles. The zero-order valence-corrected chi connectivity index (χ0v) is 22.0. The number of nitrogens with one attached hydrogen (secondary N) is 3. The minimum Gasteiger partial charge on any atom is -0.444 e. The highest BCUT2D eigenvalue weighted by Gasteiger charge is 2.15. The third kappa shape index (κ3) is 9.54. The summed E-state index contributed by atoms with van der Waals surface area (Å²) in [5, 5.41) is 8.40. The van der Waals surface area contributed by atoms with Gasteiger partial charge >= 0.3 is 6.09 Å². The maximum absolute atomic E-state index is 12.7. The van der Waals surface area contributed by atoms with Crippen LogP contribution < -0.4 is 16.0 Å². The summed E-state index contributed by atoms with van der Waals surface area (Å²) in [6, 6.07) is 17.4. The first-order chi connectivity index (χ1) is 18.1. The molecule has 0 spiro atoms. The number of carbonyl (C=O) groups excluding carboxylic acids is 3. The van der Waals surface area contributed by atoms with E-state index in [0.29, 0.717) is 31.6 Å². The van der Waals surface area contributed by atoms with Gasteiger partial charge in [-0.1, -0.05) is 55.1 Å². The Balaban J connectivity index is 1.49. The van der Waals surface area contributed by atoms with Crippen molar-refractivity contribution >= 4 is 17.9 Å². The van der Waals surface area contributed by atoms with Gasteiger partial charge in [0, 0.05) is 32.0 Å². The van der Waals surface area contributed by atoms with Crippen LogP contribution in [0.1, 0.15) is 58.9 Å². The fraction of sp³-hybridized carbons (Fsp3) is 0.267. The first-order valence-electron chi connectivity index (χ1n) is 12.4.